The van der Waals surface area contributed by atoms with E-state index in [9.17, 15) is 5.11 Å². The number of nitrogens with zero attached hydrogens (tertiary/aromatic N) is 6. The number of aromatic nitrogens is 5. The van der Waals surface area contributed by atoms with Crippen LogP contribution >= 0.6 is 0 Å². The summed E-state index contributed by atoms with van der Waals surface area (Å²) >= 11 is 0. The average molecular weight is 754 g/mol. The second-order valence-corrected chi connectivity index (χ2v) is 17.0. The van der Waals surface area contributed by atoms with Gasteiger partial charge in [0.2, 0.25) is 5.88 Å². The summed E-state index contributed by atoms with van der Waals surface area (Å²) in [4.78, 5) is 19.4. The van der Waals surface area contributed by atoms with Crippen LogP contribution < -0.4 is 14.4 Å². The lowest BCUT2D eigenvalue weighted by Gasteiger charge is -2.51. The number of β-amino-alcohol motifs (C(OH)–C–C–N with tert-alkyl or cyclic N) is 1. The van der Waals surface area contributed by atoms with Crippen LogP contribution in [0.1, 0.15) is 88.7 Å². The molecule has 292 valence electrons. The number of ether oxygens (including phenoxy) is 4. The van der Waals surface area contributed by atoms with Crippen LogP contribution in [0.15, 0.2) is 12.3 Å². The topological polar surface area (TPSA) is 131 Å². The van der Waals surface area contributed by atoms with Gasteiger partial charge in [-0.25, -0.2) is 9.37 Å². The standard InChI is InChI=1S/C42H52FN7O5/c1-6-28-19-27(18-25(3)55-28)50-14-8-13-42(12-7-9-31(42)50)23-54-40-46-37-34(38(47-40)49-15-16-53-22-41(4,51)21-49)39(52-5)45-36(35(37)43)33-29-20-44-48-30(29)17-24(2)32(33)26-10-11-26/h1,17,20,25-28,31,51H,7-16,18-19,21-23H2,2-5H3,(H,44,48)/t25-,27+,28+,31?,41-,42?/m0/s1. The Bertz CT molecular complexity index is 2150. The molecule has 13 heteroatoms. The largest absolute Gasteiger partial charge is 0.480 e. The maximum atomic E-state index is 17.6. The van der Waals surface area contributed by atoms with Crippen LogP contribution in [-0.4, -0.2) is 112 Å². The van der Waals surface area contributed by atoms with E-state index in [1.807, 2.05) is 4.90 Å². The minimum absolute atomic E-state index is 0.0637. The third kappa shape index (κ3) is 6.58. The monoisotopic (exact) mass is 753 g/mol. The Kier molecular flexibility index (Phi) is 9.39. The lowest BCUT2D eigenvalue weighted by Crippen LogP contribution is -2.57. The molecule has 2 unspecified atom stereocenters. The zero-order valence-corrected chi connectivity index (χ0v) is 32.4. The molecule has 0 bridgehead atoms. The number of aromatic amines is 1. The van der Waals surface area contributed by atoms with E-state index in [2.05, 4.69) is 40.9 Å². The maximum absolute atomic E-state index is 17.6. The van der Waals surface area contributed by atoms with Gasteiger partial charge in [-0.1, -0.05) is 12.3 Å². The molecule has 2 aliphatic carbocycles. The number of hydrogen-bond acceptors (Lipinski definition) is 11. The lowest BCUT2D eigenvalue weighted by atomic mass is 9.74. The first-order chi connectivity index (χ1) is 26.6. The summed E-state index contributed by atoms with van der Waals surface area (Å²) in [6.07, 6.45) is 16.7. The molecule has 1 aromatic carbocycles. The van der Waals surface area contributed by atoms with Crippen LogP contribution in [0.2, 0.25) is 0 Å². The predicted molar refractivity (Wildman–Crippen MR) is 207 cm³/mol. The quantitative estimate of drug-likeness (QED) is 0.203. The zero-order valence-electron chi connectivity index (χ0n) is 32.4. The zero-order chi connectivity index (χ0) is 38.1. The Labute approximate surface area is 321 Å². The highest BCUT2D eigenvalue weighted by Gasteiger charge is 2.51. The summed E-state index contributed by atoms with van der Waals surface area (Å²) in [6, 6.07) is 2.85. The number of anilines is 1. The van der Waals surface area contributed by atoms with Crippen LogP contribution in [0.3, 0.4) is 0 Å². The SMILES string of the molecule is C#C[C@@H]1C[C@H](N2CCCC3(COc4nc(N5CCOC[C@@](C)(O)C5)c5c(OC)nc(-c6c(C7CC7)c(C)cc7[nH]ncc67)c(F)c5n4)CCCC23)C[C@H](C)O1. The smallest absolute Gasteiger partial charge is 0.319 e. The van der Waals surface area contributed by atoms with Crippen LogP contribution in [0.25, 0.3) is 33.1 Å². The number of terminal acetylenes is 1. The van der Waals surface area contributed by atoms with E-state index >= 15 is 4.39 Å². The van der Waals surface area contributed by atoms with Crippen molar-refractivity contribution < 1.29 is 28.4 Å². The number of pyridine rings is 1. The average Bonchev–Trinajstić information content (AvgIpc) is 3.79. The maximum Gasteiger partial charge on any atom is 0.319 e. The minimum atomic E-state index is -1.18. The second kappa shape index (κ2) is 14.1. The molecule has 0 spiro atoms. The molecule has 3 aliphatic heterocycles. The Morgan fingerprint density at radius 1 is 1.15 bits per heavy atom. The van der Waals surface area contributed by atoms with E-state index in [0.717, 1.165) is 86.4 Å². The first kappa shape index (κ1) is 36.5. The summed E-state index contributed by atoms with van der Waals surface area (Å²) < 4.78 is 42.1. The number of rotatable bonds is 8. The van der Waals surface area contributed by atoms with Crippen molar-refractivity contribution in [2.75, 3.05) is 51.5 Å². The molecule has 12 nitrogen and oxygen atoms in total. The number of methoxy groups -OCH3 is 1. The highest BCUT2D eigenvalue weighted by Crippen LogP contribution is 2.51. The number of aryl methyl sites for hydroxylation is 1. The molecule has 3 aromatic heterocycles. The van der Waals surface area contributed by atoms with Gasteiger partial charge < -0.3 is 29.0 Å². The van der Waals surface area contributed by atoms with Gasteiger partial charge in [0.1, 0.15) is 34.1 Å². The minimum Gasteiger partial charge on any atom is -0.480 e. The summed E-state index contributed by atoms with van der Waals surface area (Å²) in [7, 11) is 1.53. The van der Waals surface area contributed by atoms with Crippen LogP contribution in [0, 0.1) is 30.5 Å². The fraction of sp³-hybridized carbons (Fsp3) is 0.619. The van der Waals surface area contributed by atoms with Crippen molar-refractivity contribution in [3.8, 4) is 35.5 Å². The number of likely N-dealkylation sites (tertiary alicyclic amines) is 1. The Hall–Kier alpha value is -4.09. The molecule has 4 aromatic rings. The van der Waals surface area contributed by atoms with Crippen molar-refractivity contribution in [2.45, 2.75) is 114 Å². The van der Waals surface area contributed by atoms with Crippen molar-refractivity contribution in [3.63, 3.8) is 0 Å². The lowest BCUT2D eigenvalue weighted by molar-refractivity contribution is -0.0864. The molecular weight excluding hydrogens is 702 g/mol. The van der Waals surface area contributed by atoms with Crippen molar-refractivity contribution in [1.29, 1.82) is 0 Å². The van der Waals surface area contributed by atoms with Crippen molar-refractivity contribution >= 4 is 27.6 Å². The van der Waals surface area contributed by atoms with E-state index in [4.69, 9.17) is 40.3 Å². The fourth-order valence-electron chi connectivity index (χ4n) is 10.4. The Morgan fingerprint density at radius 3 is 2.78 bits per heavy atom. The third-order valence-electron chi connectivity index (χ3n) is 12.9. The molecular formula is C42H52FN7O5. The molecule has 3 saturated heterocycles. The number of nitrogens with one attached hydrogen (secondary N) is 1. The third-order valence-corrected chi connectivity index (χ3v) is 12.9. The van der Waals surface area contributed by atoms with Crippen LogP contribution in [-0.2, 0) is 9.47 Å². The first-order valence-corrected chi connectivity index (χ1v) is 20.1. The van der Waals surface area contributed by atoms with E-state index in [-0.39, 0.29) is 53.9 Å². The van der Waals surface area contributed by atoms with Gasteiger partial charge in [0.25, 0.3) is 0 Å². The van der Waals surface area contributed by atoms with Gasteiger partial charge in [-0.05, 0) is 95.4 Å². The van der Waals surface area contributed by atoms with E-state index in [1.165, 1.54) is 7.11 Å². The van der Waals surface area contributed by atoms with Gasteiger partial charge in [-0.15, -0.1) is 6.42 Å². The molecule has 6 atom stereocenters. The molecule has 0 amide bonds. The second-order valence-electron chi connectivity index (χ2n) is 17.0. The van der Waals surface area contributed by atoms with Crippen LogP contribution in [0.5, 0.6) is 11.9 Å². The number of hydrogen-bond donors (Lipinski definition) is 2. The van der Waals surface area contributed by atoms with E-state index < -0.39 is 11.4 Å². The van der Waals surface area contributed by atoms with Gasteiger partial charge in [-0.3, -0.25) is 10.00 Å². The predicted octanol–water partition coefficient (Wildman–Crippen LogP) is 6.07. The molecule has 55 heavy (non-hydrogen) atoms. The summed E-state index contributed by atoms with van der Waals surface area (Å²) in [6.45, 7) is 8.48. The van der Waals surface area contributed by atoms with Crippen molar-refractivity contribution in [3.05, 3.63) is 29.2 Å². The summed E-state index contributed by atoms with van der Waals surface area (Å²) in [5.41, 5.74) is 2.61. The number of piperidine rings is 1. The fourth-order valence-corrected chi connectivity index (χ4v) is 10.4. The molecule has 6 heterocycles. The summed E-state index contributed by atoms with van der Waals surface area (Å²) in [5, 5.41) is 19.8. The molecule has 0 radical (unpaired) electrons. The molecule has 5 aliphatic rings. The van der Waals surface area contributed by atoms with Gasteiger partial charge in [0.05, 0.1) is 51.3 Å². The normalized spacial score (nSPS) is 30.3. The number of fused-ring (bicyclic) bond motifs is 3. The molecule has 2 N–H and O–H groups in total. The van der Waals surface area contributed by atoms with E-state index in [1.54, 1.807) is 13.1 Å². The van der Waals surface area contributed by atoms with Crippen molar-refractivity contribution in [1.82, 2.24) is 30.0 Å². The van der Waals surface area contributed by atoms with Gasteiger partial charge in [0, 0.05) is 41.4 Å². The summed E-state index contributed by atoms with van der Waals surface area (Å²) in [5.74, 6) is 3.19. The van der Waals surface area contributed by atoms with Crippen LogP contribution in [0.4, 0.5) is 10.2 Å². The number of benzene rings is 1. The Morgan fingerprint density at radius 2 is 1.98 bits per heavy atom. The van der Waals surface area contributed by atoms with Gasteiger partial charge in [-0.2, -0.15) is 15.1 Å². The number of H-pyrrole nitrogens is 1. The van der Waals surface area contributed by atoms with E-state index in [0.29, 0.717) is 54.5 Å². The Balaban J connectivity index is 1.15. The van der Waals surface area contributed by atoms with Gasteiger partial charge in [0.15, 0.2) is 5.82 Å². The molecule has 5 fully saturated rings. The first-order valence-electron chi connectivity index (χ1n) is 20.1. The number of halogens is 1. The van der Waals surface area contributed by atoms with Crippen molar-refractivity contribution in [2.24, 2.45) is 5.41 Å². The molecule has 2 saturated carbocycles. The number of aliphatic hydroxyl groups is 1. The van der Waals surface area contributed by atoms with Gasteiger partial charge >= 0.3 is 6.01 Å². The molecule has 9 rings (SSSR count). The highest BCUT2D eigenvalue weighted by atomic mass is 19.1. The highest BCUT2D eigenvalue weighted by molar-refractivity contribution is 6.01.